The monoisotopic (exact) mass is 604 g/mol. The number of fused-ring (bicyclic) bond motifs is 1. The third kappa shape index (κ3) is 6.06. The van der Waals surface area contributed by atoms with Gasteiger partial charge in [0.05, 0.1) is 19.0 Å². The van der Waals surface area contributed by atoms with Gasteiger partial charge in [-0.15, -0.1) is 0 Å². The normalized spacial score (nSPS) is 25.3. The number of para-hydroxylation sites is 1. The fourth-order valence-corrected chi connectivity index (χ4v) is 6.36. The van der Waals surface area contributed by atoms with E-state index in [4.69, 9.17) is 36.1 Å². The standard InChI is InChI=1S/C23H28F3N6O6PS/c1-12(2)36-21(34)13(3)31-39(40,38-14-7-5-4-6-8-14)35-9-23(22(25)26)17(33)15(24)20(37-23)32-11-30-16-18(27)28-10-29-19(16)32/h4-8,10-13,15,17,20,22,33H,9H2,1-3H3,(H,31,40)(H2,27,28,29)/t13-,15-,17-,20+,23+,39?/m0/s1. The van der Waals surface area contributed by atoms with Crippen LogP contribution in [-0.4, -0.2) is 73.6 Å². The third-order valence-electron chi connectivity index (χ3n) is 5.93. The van der Waals surface area contributed by atoms with Gasteiger partial charge >= 0.3 is 12.6 Å². The molecule has 1 aliphatic heterocycles. The average molecular weight is 605 g/mol. The molecular weight excluding hydrogens is 576 g/mol. The Morgan fingerprint density at radius 2 is 1.98 bits per heavy atom. The molecule has 218 valence electrons. The molecule has 2 aromatic heterocycles. The summed E-state index contributed by atoms with van der Waals surface area (Å²) in [5.74, 6) is -0.497. The van der Waals surface area contributed by atoms with Crippen molar-refractivity contribution in [3.05, 3.63) is 43.0 Å². The largest absolute Gasteiger partial charge is 0.462 e. The second-order valence-electron chi connectivity index (χ2n) is 9.25. The number of benzene rings is 1. The number of aromatic nitrogens is 4. The molecule has 0 bridgehead atoms. The van der Waals surface area contributed by atoms with Crippen LogP contribution < -0.4 is 15.3 Å². The molecule has 4 rings (SSSR count). The zero-order valence-corrected chi connectivity index (χ0v) is 23.3. The van der Waals surface area contributed by atoms with E-state index in [1.807, 2.05) is 0 Å². The number of nitrogens with zero attached hydrogens (tertiary/aromatic N) is 4. The van der Waals surface area contributed by atoms with E-state index in [-0.39, 0.29) is 22.7 Å². The first kappa shape index (κ1) is 30.1. The van der Waals surface area contributed by atoms with E-state index >= 15 is 4.39 Å². The maximum Gasteiger partial charge on any atom is 0.323 e. The van der Waals surface area contributed by atoms with Crippen LogP contribution in [0, 0.1) is 0 Å². The number of imidazole rings is 1. The highest BCUT2D eigenvalue weighted by Crippen LogP contribution is 2.50. The number of nitrogens with two attached hydrogens (primary N) is 1. The number of anilines is 1. The van der Waals surface area contributed by atoms with Gasteiger partial charge in [-0.2, -0.15) is 0 Å². The second-order valence-corrected chi connectivity index (χ2v) is 12.4. The Morgan fingerprint density at radius 1 is 1.27 bits per heavy atom. The van der Waals surface area contributed by atoms with Crippen LogP contribution in [0.4, 0.5) is 19.0 Å². The number of nitrogens with one attached hydrogen (secondary N) is 1. The van der Waals surface area contributed by atoms with Crippen molar-refractivity contribution in [1.82, 2.24) is 24.6 Å². The highest BCUT2D eigenvalue weighted by atomic mass is 32.5. The number of carbonyl (C=O) groups excluding carboxylic acids is 1. The van der Waals surface area contributed by atoms with Gasteiger partial charge in [0.2, 0.25) is 0 Å². The fourth-order valence-electron chi connectivity index (χ4n) is 3.93. The zero-order chi connectivity index (χ0) is 29.2. The molecule has 1 aliphatic rings. The van der Waals surface area contributed by atoms with Gasteiger partial charge in [-0.25, -0.2) is 33.2 Å². The van der Waals surface area contributed by atoms with Gasteiger partial charge in [-0.3, -0.25) is 9.36 Å². The minimum absolute atomic E-state index is 0.00928. The van der Waals surface area contributed by atoms with Crippen molar-refractivity contribution >= 4 is 41.4 Å². The number of rotatable bonds is 11. The van der Waals surface area contributed by atoms with Crippen molar-refractivity contribution in [2.24, 2.45) is 0 Å². The van der Waals surface area contributed by atoms with Crippen LogP contribution in [0.25, 0.3) is 11.2 Å². The van der Waals surface area contributed by atoms with Gasteiger partial charge in [-0.1, -0.05) is 18.2 Å². The molecule has 0 spiro atoms. The summed E-state index contributed by atoms with van der Waals surface area (Å²) in [5.41, 5.74) is 2.99. The molecule has 3 heterocycles. The maximum atomic E-state index is 15.4. The van der Waals surface area contributed by atoms with E-state index in [2.05, 4.69) is 20.0 Å². The molecule has 0 saturated carbocycles. The number of aliphatic hydroxyl groups is 1. The van der Waals surface area contributed by atoms with Crippen LogP contribution in [0.15, 0.2) is 43.0 Å². The smallest absolute Gasteiger partial charge is 0.323 e. The minimum Gasteiger partial charge on any atom is -0.462 e. The number of esters is 1. The summed E-state index contributed by atoms with van der Waals surface area (Å²) in [6, 6.07) is 7.00. The minimum atomic E-state index is -3.82. The summed E-state index contributed by atoms with van der Waals surface area (Å²) in [4.78, 5) is 24.2. The first-order valence-electron chi connectivity index (χ1n) is 12.1. The van der Waals surface area contributed by atoms with Crippen molar-refractivity contribution in [2.45, 2.75) is 63.4 Å². The van der Waals surface area contributed by atoms with Gasteiger partial charge in [-0.05, 0) is 44.7 Å². The first-order chi connectivity index (χ1) is 18.9. The maximum absolute atomic E-state index is 15.4. The fraction of sp³-hybridized carbons (Fsp3) is 0.478. The van der Waals surface area contributed by atoms with E-state index in [0.29, 0.717) is 0 Å². The lowest BCUT2D eigenvalue weighted by molar-refractivity contribution is -0.191. The molecule has 1 saturated heterocycles. The van der Waals surface area contributed by atoms with Crippen LogP contribution in [0.2, 0.25) is 0 Å². The summed E-state index contributed by atoms with van der Waals surface area (Å²) in [7, 11) is 0. The Balaban J connectivity index is 1.62. The molecule has 40 heavy (non-hydrogen) atoms. The molecule has 17 heteroatoms. The van der Waals surface area contributed by atoms with E-state index in [1.165, 1.54) is 6.92 Å². The molecule has 0 radical (unpaired) electrons. The third-order valence-corrected chi connectivity index (χ3v) is 8.41. The van der Waals surface area contributed by atoms with Crippen molar-refractivity contribution in [1.29, 1.82) is 0 Å². The van der Waals surface area contributed by atoms with Gasteiger partial charge in [0.25, 0.3) is 6.43 Å². The molecule has 1 aromatic carbocycles. The van der Waals surface area contributed by atoms with Crippen molar-refractivity contribution < 1.29 is 41.6 Å². The Morgan fingerprint density at radius 3 is 2.62 bits per heavy atom. The Bertz CT molecular complexity index is 1390. The summed E-state index contributed by atoms with van der Waals surface area (Å²) >= 11 is 5.54. The lowest BCUT2D eigenvalue weighted by atomic mass is 9.97. The molecular formula is C23H28F3N6O6PS. The Kier molecular flexibility index (Phi) is 8.97. The van der Waals surface area contributed by atoms with Crippen molar-refractivity contribution in [2.75, 3.05) is 12.3 Å². The van der Waals surface area contributed by atoms with Crippen molar-refractivity contribution in [3.8, 4) is 5.75 Å². The molecule has 1 unspecified atom stereocenters. The molecule has 4 N–H and O–H groups in total. The average Bonchev–Trinajstić information content (AvgIpc) is 3.43. The molecule has 12 nitrogen and oxygen atoms in total. The number of nitrogen functional groups attached to an aromatic ring is 1. The number of halogens is 3. The number of ether oxygens (including phenoxy) is 2. The molecule has 6 atom stereocenters. The lowest BCUT2D eigenvalue weighted by Crippen LogP contribution is -2.52. The van der Waals surface area contributed by atoms with E-state index in [0.717, 1.165) is 17.2 Å². The number of hydrogen-bond acceptors (Lipinski definition) is 11. The first-order valence-corrected chi connectivity index (χ1v) is 14.7. The summed E-state index contributed by atoms with van der Waals surface area (Å²) < 4.78 is 67.8. The van der Waals surface area contributed by atoms with Gasteiger partial charge in [0, 0.05) is 0 Å². The topological polar surface area (TPSA) is 156 Å². The summed E-state index contributed by atoms with van der Waals surface area (Å²) in [6.07, 6.45) is -8.19. The second kappa shape index (κ2) is 11.9. The van der Waals surface area contributed by atoms with Crippen LogP contribution in [0.5, 0.6) is 5.75 Å². The van der Waals surface area contributed by atoms with Crippen LogP contribution in [0.1, 0.15) is 27.0 Å². The molecule has 0 amide bonds. The van der Waals surface area contributed by atoms with Crippen molar-refractivity contribution in [3.63, 3.8) is 0 Å². The predicted octanol–water partition coefficient (Wildman–Crippen LogP) is 2.89. The lowest BCUT2D eigenvalue weighted by Gasteiger charge is -2.34. The molecule has 1 fully saturated rings. The number of carbonyl (C=O) groups is 1. The summed E-state index contributed by atoms with van der Waals surface area (Å²) in [5, 5.41) is 13.4. The van der Waals surface area contributed by atoms with Gasteiger partial charge in [0.15, 0.2) is 29.5 Å². The highest BCUT2D eigenvalue weighted by Gasteiger charge is 2.62. The number of aliphatic hydroxyl groups excluding tert-OH is 1. The van der Waals surface area contributed by atoms with Gasteiger partial charge in [0.1, 0.15) is 29.7 Å². The highest BCUT2D eigenvalue weighted by molar-refractivity contribution is 8.09. The van der Waals surface area contributed by atoms with Crippen LogP contribution in [0.3, 0.4) is 0 Å². The van der Waals surface area contributed by atoms with E-state index in [9.17, 15) is 18.7 Å². The Labute approximate surface area is 232 Å². The number of hydrogen-bond donors (Lipinski definition) is 3. The van der Waals surface area contributed by atoms with Crippen LogP contribution in [-0.2, 0) is 30.6 Å². The quantitative estimate of drug-likeness (QED) is 0.218. The number of alkyl halides is 3. The predicted molar refractivity (Wildman–Crippen MR) is 141 cm³/mol. The van der Waals surface area contributed by atoms with E-state index in [1.54, 1.807) is 44.2 Å². The summed E-state index contributed by atoms with van der Waals surface area (Å²) in [6.45, 7) is -0.196. The Hall–Kier alpha value is -2.88. The van der Waals surface area contributed by atoms with Gasteiger partial charge < -0.3 is 29.4 Å². The zero-order valence-electron chi connectivity index (χ0n) is 21.6. The molecule has 3 aromatic rings. The van der Waals surface area contributed by atoms with E-state index < -0.39 is 61.9 Å². The molecule has 0 aliphatic carbocycles. The SMILES string of the molecule is CC(C)OC(=O)[C@H](C)NP(=S)(OC[C@@]1(C(F)F)O[C@@H](n2cnc3c(N)ncnc32)[C@@H](F)[C@@H]1O)Oc1ccccc1. The van der Waals surface area contributed by atoms with Crippen LogP contribution >= 0.6 is 6.64 Å².